The lowest BCUT2D eigenvalue weighted by Crippen LogP contribution is -2.47. The second-order valence-electron chi connectivity index (χ2n) is 7.73. The lowest BCUT2D eigenvalue weighted by molar-refractivity contribution is -0.117. The van der Waals surface area contributed by atoms with Crippen LogP contribution in [0.5, 0.6) is 11.5 Å². The number of amides is 1. The fourth-order valence-corrected chi connectivity index (χ4v) is 3.82. The van der Waals surface area contributed by atoms with Crippen molar-refractivity contribution in [2.75, 3.05) is 51.8 Å². The van der Waals surface area contributed by atoms with E-state index < -0.39 is 6.10 Å². The molecule has 1 unspecified atom stereocenters. The molecule has 0 saturated carbocycles. The van der Waals surface area contributed by atoms with Gasteiger partial charge in [-0.25, -0.2) is 0 Å². The van der Waals surface area contributed by atoms with Gasteiger partial charge in [-0.2, -0.15) is 0 Å². The minimum atomic E-state index is -0.501. The van der Waals surface area contributed by atoms with Gasteiger partial charge in [0.2, 0.25) is 0 Å². The summed E-state index contributed by atoms with van der Waals surface area (Å²) in [7, 11) is 1.79. The van der Waals surface area contributed by atoms with Crippen LogP contribution in [0.3, 0.4) is 0 Å². The number of nitrogens with one attached hydrogen (secondary N) is 2. The summed E-state index contributed by atoms with van der Waals surface area (Å²) in [4.78, 5) is 26.1. The van der Waals surface area contributed by atoms with Crippen LogP contribution in [-0.2, 0) is 4.79 Å². The average molecular weight is 405 g/mol. The summed E-state index contributed by atoms with van der Waals surface area (Å²) in [6, 6.07) is 3.56. The molecule has 1 aromatic rings. The van der Waals surface area contributed by atoms with E-state index in [9.17, 15) is 14.7 Å². The van der Waals surface area contributed by atoms with Gasteiger partial charge in [0.1, 0.15) is 19.0 Å². The summed E-state index contributed by atoms with van der Waals surface area (Å²) in [5.41, 5.74) is 1.21. The molecule has 0 radical (unpaired) electrons. The van der Waals surface area contributed by atoms with Crippen molar-refractivity contribution < 1.29 is 24.2 Å². The van der Waals surface area contributed by atoms with E-state index in [-0.39, 0.29) is 17.6 Å². The lowest BCUT2D eigenvalue weighted by atomic mass is 9.93. The van der Waals surface area contributed by atoms with E-state index in [4.69, 9.17) is 9.47 Å². The Morgan fingerprint density at radius 2 is 2.07 bits per heavy atom. The second-order valence-corrected chi connectivity index (χ2v) is 7.73. The van der Waals surface area contributed by atoms with Crippen LogP contribution >= 0.6 is 0 Å². The summed E-state index contributed by atoms with van der Waals surface area (Å²) in [5, 5.41) is 16.5. The van der Waals surface area contributed by atoms with E-state index in [1.54, 1.807) is 20.0 Å². The van der Waals surface area contributed by atoms with Crippen molar-refractivity contribution in [1.82, 2.24) is 10.2 Å². The summed E-state index contributed by atoms with van der Waals surface area (Å²) < 4.78 is 11.3. The standard InChI is InChI=1S/C21H31N3O5/c1-14(25)4-3-6-24-7-5-15(18(26)13-24)12-23-21(27)17-10-16(22-2)11-19-20(17)29-9-8-28-19/h10-11,15,18,22,26H,3-9,12-13H2,1-2H3,(H,23,27)/t15-,18?/m0/s1. The number of hydrogen-bond acceptors (Lipinski definition) is 7. The van der Waals surface area contributed by atoms with Crippen molar-refractivity contribution in [3.8, 4) is 11.5 Å². The zero-order valence-electron chi connectivity index (χ0n) is 17.2. The Kier molecular flexibility index (Phi) is 7.33. The number of carbonyl (C=O) groups excluding carboxylic acids is 2. The van der Waals surface area contributed by atoms with Crippen LogP contribution in [0.25, 0.3) is 0 Å². The molecule has 3 N–H and O–H groups in total. The number of rotatable bonds is 8. The molecule has 0 spiro atoms. The summed E-state index contributed by atoms with van der Waals surface area (Å²) >= 11 is 0. The number of nitrogens with zero attached hydrogens (tertiary/aromatic N) is 1. The zero-order chi connectivity index (χ0) is 20.8. The molecule has 1 saturated heterocycles. The number of ether oxygens (including phenoxy) is 2. The summed E-state index contributed by atoms with van der Waals surface area (Å²) in [5.74, 6) is 0.992. The highest BCUT2D eigenvalue weighted by Gasteiger charge is 2.29. The van der Waals surface area contributed by atoms with Gasteiger partial charge in [0.15, 0.2) is 11.5 Å². The number of piperidine rings is 1. The smallest absolute Gasteiger partial charge is 0.255 e. The highest BCUT2D eigenvalue weighted by molar-refractivity contribution is 5.99. The maximum absolute atomic E-state index is 12.8. The van der Waals surface area contributed by atoms with Crippen LogP contribution in [0.4, 0.5) is 5.69 Å². The topological polar surface area (TPSA) is 100 Å². The maximum Gasteiger partial charge on any atom is 0.255 e. The first-order valence-corrected chi connectivity index (χ1v) is 10.3. The molecule has 29 heavy (non-hydrogen) atoms. The van der Waals surface area contributed by atoms with Crippen molar-refractivity contribution in [2.24, 2.45) is 5.92 Å². The minimum absolute atomic E-state index is 0.00323. The molecular weight excluding hydrogens is 374 g/mol. The number of Topliss-reactive ketones (excluding diaryl/α,β-unsaturated/α-hetero) is 1. The molecule has 160 valence electrons. The Morgan fingerprint density at radius 1 is 1.28 bits per heavy atom. The number of hydrogen-bond donors (Lipinski definition) is 3. The molecular formula is C21H31N3O5. The van der Waals surface area contributed by atoms with Gasteiger partial charge < -0.3 is 34.9 Å². The summed E-state index contributed by atoms with van der Waals surface area (Å²) in [6.45, 7) is 5.11. The quantitative estimate of drug-likeness (QED) is 0.599. The SMILES string of the molecule is CNc1cc2c(c(C(=O)NC[C@@H]3CCN(CCCC(C)=O)CC3O)c1)OCCO2. The minimum Gasteiger partial charge on any atom is -0.486 e. The zero-order valence-corrected chi connectivity index (χ0v) is 17.2. The van der Waals surface area contributed by atoms with Crippen LogP contribution in [0.15, 0.2) is 12.1 Å². The molecule has 1 aromatic carbocycles. The fraction of sp³-hybridized carbons (Fsp3) is 0.619. The molecule has 8 heteroatoms. The number of aliphatic hydroxyl groups is 1. The van der Waals surface area contributed by atoms with E-state index in [2.05, 4.69) is 15.5 Å². The monoisotopic (exact) mass is 405 g/mol. The number of aliphatic hydroxyl groups excluding tert-OH is 1. The number of benzene rings is 1. The van der Waals surface area contributed by atoms with Crippen LogP contribution in [-0.4, -0.2) is 74.2 Å². The van der Waals surface area contributed by atoms with Crippen LogP contribution in [0, 0.1) is 5.92 Å². The largest absolute Gasteiger partial charge is 0.486 e. The Hall–Kier alpha value is -2.32. The molecule has 1 amide bonds. The lowest BCUT2D eigenvalue weighted by Gasteiger charge is -2.36. The average Bonchev–Trinajstić information content (AvgIpc) is 2.71. The third kappa shape index (κ3) is 5.61. The second kappa shape index (κ2) is 9.93. The number of anilines is 1. The third-order valence-corrected chi connectivity index (χ3v) is 5.51. The number of carbonyl (C=O) groups is 2. The first kappa shape index (κ1) is 21.4. The molecule has 8 nitrogen and oxygen atoms in total. The number of β-amino-alcohol motifs (C(OH)–C–C–N with tert-alkyl or cyclic N) is 1. The predicted molar refractivity (Wildman–Crippen MR) is 110 cm³/mol. The van der Waals surface area contributed by atoms with Crippen molar-refractivity contribution in [1.29, 1.82) is 0 Å². The molecule has 0 bridgehead atoms. The van der Waals surface area contributed by atoms with E-state index in [1.807, 2.05) is 6.07 Å². The third-order valence-electron chi connectivity index (χ3n) is 5.51. The Balaban J connectivity index is 1.54. The first-order chi connectivity index (χ1) is 14.0. The van der Waals surface area contributed by atoms with E-state index in [0.29, 0.717) is 49.8 Å². The predicted octanol–water partition coefficient (Wildman–Crippen LogP) is 1.28. The number of ketones is 1. The number of likely N-dealkylation sites (tertiary alicyclic amines) is 1. The molecule has 2 aliphatic rings. The van der Waals surface area contributed by atoms with Gasteiger partial charge in [-0.1, -0.05) is 0 Å². The maximum atomic E-state index is 12.8. The molecule has 2 atom stereocenters. The highest BCUT2D eigenvalue weighted by atomic mass is 16.6. The fourth-order valence-electron chi connectivity index (χ4n) is 3.82. The number of fused-ring (bicyclic) bond motifs is 1. The molecule has 1 fully saturated rings. The van der Waals surface area contributed by atoms with Crippen molar-refractivity contribution in [3.63, 3.8) is 0 Å². The first-order valence-electron chi connectivity index (χ1n) is 10.3. The van der Waals surface area contributed by atoms with Gasteiger partial charge in [0, 0.05) is 44.2 Å². The molecule has 0 aromatic heterocycles. The van der Waals surface area contributed by atoms with Gasteiger partial charge in [0.05, 0.1) is 11.7 Å². The van der Waals surface area contributed by atoms with Crippen molar-refractivity contribution in [2.45, 2.75) is 32.3 Å². The highest BCUT2D eigenvalue weighted by Crippen LogP contribution is 2.37. The van der Waals surface area contributed by atoms with E-state index >= 15 is 0 Å². The van der Waals surface area contributed by atoms with Gasteiger partial charge >= 0.3 is 0 Å². The Labute approximate surface area is 171 Å². The molecule has 2 heterocycles. The molecule has 2 aliphatic heterocycles. The molecule has 0 aliphatic carbocycles. The summed E-state index contributed by atoms with van der Waals surface area (Å²) in [6.07, 6.45) is 1.70. The van der Waals surface area contributed by atoms with E-state index in [1.165, 1.54) is 0 Å². The normalized spacial score (nSPS) is 21.5. The van der Waals surface area contributed by atoms with Gasteiger partial charge in [-0.05, 0) is 38.9 Å². The van der Waals surface area contributed by atoms with Gasteiger partial charge in [-0.3, -0.25) is 4.79 Å². The van der Waals surface area contributed by atoms with Crippen LogP contribution in [0.2, 0.25) is 0 Å². The van der Waals surface area contributed by atoms with Gasteiger partial charge in [-0.15, -0.1) is 0 Å². The Morgan fingerprint density at radius 3 is 2.79 bits per heavy atom. The van der Waals surface area contributed by atoms with Crippen molar-refractivity contribution in [3.05, 3.63) is 17.7 Å². The molecule has 3 rings (SSSR count). The van der Waals surface area contributed by atoms with Crippen LogP contribution < -0.4 is 20.1 Å². The van der Waals surface area contributed by atoms with E-state index in [0.717, 1.165) is 31.6 Å². The van der Waals surface area contributed by atoms with Crippen LogP contribution in [0.1, 0.15) is 36.5 Å². The Bertz CT molecular complexity index is 739. The van der Waals surface area contributed by atoms with Gasteiger partial charge in [0.25, 0.3) is 5.91 Å². The van der Waals surface area contributed by atoms with Crippen molar-refractivity contribution >= 4 is 17.4 Å².